The first-order valence-electron chi connectivity index (χ1n) is 7.39. The molecule has 0 saturated carbocycles. The zero-order chi connectivity index (χ0) is 16.3. The van der Waals surface area contributed by atoms with E-state index in [0.717, 1.165) is 18.5 Å². The fraction of sp³-hybridized carbons (Fsp3) is 0.250. The fourth-order valence-electron chi connectivity index (χ4n) is 2.51. The quantitative estimate of drug-likeness (QED) is 0.933. The van der Waals surface area contributed by atoms with E-state index in [1.165, 1.54) is 18.5 Å². The maximum absolute atomic E-state index is 12.2. The second kappa shape index (κ2) is 6.37. The van der Waals surface area contributed by atoms with Crippen LogP contribution in [0.4, 0.5) is 11.4 Å². The van der Waals surface area contributed by atoms with Gasteiger partial charge in [0.1, 0.15) is 4.90 Å². The highest BCUT2D eigenvalue weighted by molar-refractivity contribution is 7.92. The summed E-state index contributed by atoms with van der Waals surface area (Å²) in [5.74, 6) is 0.111. The van der Waals surface area contributed by atoms with Crippen molar-refractivity contribution in [1.29, 1.82) is 0 Å². The third-order valence-corrected chi connectivity index (χ3v) is 5.07. The van der Waals surface area contributed by atoms with Crippen LogP contribution in [0, 0.1) is 0 Å². The lowest BCUT2D eigenvalue weighted by atomic mass is 10.1. The van der Waals surface area contributed by atoms with Crippen molar-refractivity contribution in [2.75, 3.05) is 16.2 Å². The number of carbonyl (C=O) groups excluding carboxylic acids is 1. The summed E-state index contributed by atoms with van der Waals surface area (Å²) in [6, 6.07) is 9.88. The molecule has 6 nitrogen and oxygen atoms in total. The molecule has 1 saturated heterocycles. The number of nitrogens with zero attached hydrogens (tertiary/aromatic N) is 2. The van der Waals surface area contributed by atoms with Crippen LogP contribution in [0.25, 0.3) is 0 Å². The van der Waals surface area contributed by atoms with E-state index in [1.54, 1.807) is 35.2 Å². The van der Waals surface area contributed by atoms with Crippen LogP contribution in [-0.4, -0.2) is 25.9 Å². The number of benzene rings is 1. The first kappa shape index (κ1) is 15.5. The summed E-state index contributed by atoms with van der Waals surface area (Å²) in [6.45, 7) is 0.708. The third-order valence-electron chi connectivity index (χ3n) is 3.70. The highest BCUT2D eigenvalue weighted by atomic mass is 32.2. The number of piperidine rings is 1. The highest BCUT2D eigenvalue weighted by Crippen LogP contribution is 2.23. The summed E-state index contributed by atoms with van der Waals surface area (Å²) in [6.07, 6.45) is 5.29. The molecule has 7 heteroatoms. The summed E-state index contributed by atoms with van der Waals surface area (Å²) in [5.41, 5.74) is 1.24. The van der Waals surface area contributed by atoms with Crippen LogP contribution >= 0.6 is 0 Å². The van der Waals surface area contributed by atoms with Gasteiger partial charge in [0.05, 0.1) is 0 Å². The molecule has 120 valence electrons. The molecule has 0 unspecified atom stereocenters. The predicted octanol–water partition coefficient (Wildman–Crippen LogP) is 2.40. The number of hydrogen-bond acceptors (Lipinski definition) is 4. The van der Waals surface area contributed by atoms with Crippen molar-refractivity contribution in [3.8, 4) is 0 Å². The molecule has 2 aromatic rings. The Bertz CT molecular complexity index is 789. The van der Waals surface area contributed by atoms with Gasteiger partial charge in [0.25, 0.3) is 10.0 Å². The molecule has 2 heterocycles. The van der Waals surface area contributed by atoms with E-state index in [9.17, 15) is 13.2 Å². The summed E-state index contributed by atoms with van der Waals surface area (Å²) < 4.78 is 27.0. The van der Waals surface area contributed by atoms with E-state index >= 15 is 0 Å². The van der Waals surface area contributed by atoms with Crippen molar-refractivity contribution in [3.63, 3.8) is 0 Å². The molecule has 0 radical (unpaired) electrons. The highest BCUT2D eigenvalue weighted by Gasteiger charge is 2.20. The van der Waals surface area contributed by atoms with E-state index in [1.807, 2.05) is 0 Å². The zero-order valence-corrected chi connectivity index (χ0v) is 13.3. The minimum atomic E-state index is -3.65. The molecule has 1 aliphatic heterocycles. The van der Waals surface area contributed by atoms with Gasteiger partial charge in [0.15, 0.2) is 0 Å². The first-order chi connectivity index (χ1) is 11.1. The lowest BCUT2D eigenvalue weighted by Crippen LogP contribution is -2.35. The molecule has 1 N–H and O–H groups in total. The molecule has 1 amide bonds. The minimum absolute atomic E-state index is 0.107. The molecular formula is C16H17N3O3S. The summed E-state index contributed by atoms with van der Waals surface area (Å²) in [7, 11) is -3.65. The maximum atomic E-state index is 12.2. The van der Waals surface area contributed by atoms with Crippen LogP contribution in [0.2, 0.25) is 0 Å². The molecule has 1 aromatic heterocycles. The van der Waals surface area contributed by atoms with Crippen LogP contribution in [0.3, 0.4) is 0 Å². The summed E-state index contributed by atoms with van der Waals surface area (Å²) in [5, 5.41) is 0. The topological polar surface area (TPSA) is 79.4 Å². The minimum Gasteiger partial charge on any atom is -0.312 e. The monoisotopic (exact) mass is 331 g/mol. The Labute approximate surface area is 135 Å². The van der Waals surface area contributed by atoms with Gasteiger partial charge in [-0.05, 0) is 49.2 Å². The molecule has 1 aliphatic rings. The Morgan fingerprint density at radius 3 is 2.52 bits per heavy atom. The number of amides is 1. The number of aromatic nitrogens is 1. The number of nitrogens with one attached hydrogen (secondary N) is 1. The average Bonchev–Trinajstić information content (AvgIpc) is 2.57. The van der Waals surface area contributed by atoms with Crippen LogP contribution in [0.1, 0.15) is 19.3 Å². The summed E-state index contributed by atoms with van der Waals surface area (Å²) in [4.78, 5) is 17.6. The third kappa shape index (κ3) is 3.50. The lowest BCUT2D eigenvalue weighted by molar-refractivity contribution is -0.119. The zero-order valence-electron chi connectivity index (χ0n) is 12.5. The molecule has 1 aromatic carbocycles. The van der Waals surface area contributed by atoms with Crippen LogP contribution in [-0.2, 0) is 14.8 Å². The molecule has 0 atom stereocenters. The number of rotatable bonds is 4. The van der Waals surface area contributed by atoms with Gasteiger partial charge in [-0.15, -0.1) is 0 Å². The van der Waals surface area contributed by atoms with Crippen molar-refractivity contribution in [1.82, 2.24) is 4.98 Å². The van der Waals surface area contributed by atoms with E-state index in [4.69, 9.17) is 0 Å². The van der Waals surface area contributed by atoms with Crippen LogP contribution < -0.4 is 9.62 Å². The molecule has 0 bridgehead atoms. The van der Waals surface area contributed by atoms with Crippen molar-refractivity contribution in [3.05, 3.63) is 48.8 Å². The molecule has 23 heavy (non-hydrogen) atoms. The summed E-state index contributed by atoms with van der Waals surface area (Å²) >= 11 is 0. The van der Waals surface area contributed by atoms with Gasteiger partial charge in [0, 0.05) is 36.7 Å². The van der Waals surface area contributed by atoms with Crippen molar-refractivity contribution in [2.24, 2.45) is 0 Å². The van der Waals surface area contributed by atoms with Gasteiger partial charge >= 0.3 is 0 Å². The second-order valence-electron chi connectivity index (χ2n) is 5.34. The Kier molecular flexibility index (Phi) is 4.29. The lowest BCUT2D eigenvalue weighted by Gasteiger charge is -2.26. The first-order valence-corrected chi connectivity index (χ1v) is 8.88. The van der Waals surface area contributed by atoms with E-state index in [-0.39, 0.29) is 10.8 Å². The van der Waals surface area contributed by atoms with Crippen LogP contribution in [0.15, 0.2) is 53.7 Å². The number of anilines is 2. The Balaban J connectivity index is 1.76. The average molecular weight is 331 g/mol. The van der Waals surface area contributed by atoms with Gasteiger partial charge in [-0.2, -0.15) is 0 Å². The Morgan fingerprint density at radius 1 is 1.09 bits per heavy atom. The van der Waals surface area contributed by atoms with Crippen molar-refractivity contribution < 1.29 is 13.2 Å². The SMILES string of the molecule is O=C1CCCCN1c1ccc(NS(=O)(=O)c2cccnc2)cc1. The van der Waals surface area contributed by atoms with Crippen molar-refractivity contribution >= 4 is 27.3 Å². The van der Waals surface area contributed by atoms with E-state index in [2.05, 4.69) is 9.71 Å². The Morgan fingerprint density at radius 2 is 1.87 bits per heavy atom. The van der Waals surface area contributed by atoms with Gasteiger partial charge in [-0.25, -0.2) is 8.42 Å². The van der Waals surface area contributed by atoms with Gasteiger partial charge in [-0.3, -0.25) is 14.5 Å². The number of sulfonamides is 1. The van der Waals surface area contributed by atoms with Gasteiger partial charge < -0.3 is 4.90 Å². The van der Waals surface area contributed by atoms with Gasteiger partial charge in [0.2, 0.25) is 5.91 Å². The standard InChI is InChI=1S/C16H17N3O3S/c20-16-5-1-2-11-19(16)14-8-6-13(7-9-14)18-23(21,22)15-4-3-10-17-12-15/h3-4,6-10,12,18H,1-2,5,11H2. The Hall–Kier alpha value is -2.41. The number of hydrogen-bond donors (Lipinski definition) is 1. The largest absolute Gasteiger partial charge is 0.312 e. The number of carbonyl (C=O) groups is 1. The van der Waals surface area contributed by atoms with Gasteiger partial charge in [-0.1, -0.05) is 0 Å². The molecule has 1 fully saturated rings. The predicted molar refractivity (Wildman–Crippen MR) is 87.7 cm³/mol. The number of pyridine rings is 1. The maximum Gasteiger partial charge on any atom is 0.263 e. The molecule has 0 spiro atoms. The normalized spacial score (nSPS) is 15.5. The molecular weight excluding hydrogens is 314 g/mol. The van der Waals surface area contributed by atoms with E-state index < -0.39 is 10.0 Å². The second-order valence-corrected chi connectivity index (χ2v) is 7.03. The molecule has 0 aliphatic carbocycles. The molecule has 3 rings (SSSR count). The van der Waals surface area contributed by atoms with E-state index in [0.29, 0.717) is 18.7 Å². The van der Waals surface area contributed by atoms with Crippen molar-refractivity contribution in [2.45, 2.75) is 24.2 Å². The fourth-order valence-corrected chi connectivity index (χ4v) is 3.53. The van der Waals surface area contributed by atoms with Crippen LogP contribution in [0.5, 0.6) is 0 Å². The smallest absolute Gasteiger partial charge is 0.263 e.